The van der Waals surface area contributed by atoms with Crippen molar-refractivity contribution < 1.29 is 22.7 Å². The lowest BCUT2D eigenvalue weighted by molar-refractivity contribution is 0.102. The van der Waals surface area contributed by atoms with Gasteiger partial charge < -0.3 is 14.8 Å². The van der Waals surface area contributed by atoms with Crippen LogP contribution in [0, 0.1) is 6.92 Å². The van der Waals surface area contributed by atoms with E-state index in [1.807, 2.05) is 38.8 Å². The third-order valence-electron chi connectivity index (χ3n) is 6.90. The lowest BCUT2D eigenvalue weighted by Gasteiger charge is -2.26. The minimum Gasteiger partial charge on any atom is -0.492 e. The van der Waals surface area contributed by atoms with Gasteiger partial charge in [-0.1, -0.05) is 37.0 Å². The van der Waals surface area contributed by atoms with Crippen LogP contribution in [0.4, 0.5) is 11.4 Å². The van der Waals surface area contributed by atoms with E-state index in [1.165, 1.54) is 7.11 Å². The van der Waals surface area contributed by atoms with E-state index in [0.29, 0.717) is 54.6 Å². The predicted octanol–water partition coefficient (Wildman–Crippen LogP) is 2.73. The first-order valence-corrected chi connectivity index (χ1v) is 15.5. The number of nitrogens with one attached hydrogen (secondary N) is 2. The van der Waals surface area contributed by atoms with E-state index in [1.54, 1.807) is 46.2 Å². The van der Waals surface area contributed by atoms with Crippen LogP contribution in [-0.2, 0) is 20.2 Å². The monoisotopic (exact) mass is 609 g/mol. The number of anilines is 2. The number of methoxy groups -OCH3 is 1. The van der Waals surface area contributed by atoms with E-state index < -0.39 is 15.9 Å². The van der Waals surface area contributed by atoms with Gasteiger partial charge in [-0.2, -0.15) is 0 Å². The van der Waals surface area contributed by atoms with Crippen molar-refractivity contribution in [2.24, 2.45) is 0 Å². The standard InChI is InChI=1S/C28H35N9O5S/c1-18-7-8-19(27(38)30-21-14-20(28(2,3)4)15-22(26(21)41-5)33-43(6,39)40)13-25(18)36-17-24(31-34-36)23-16-29-37(32-23)35-9-11-42-12-10-35/h7-8,13-17,33H,9-12H2,1-6H3,(H,30,38). The molecule has 0 unspecified atom stereocenters. The first kappa shape index (κ1) is 30.0. The smallest absolute Gasteiger partial charge is 0.255 e. The number of ether oxygens (including phenoxy) is 2. The highest BCUT2D eigenvalue weighted by Gasteiger charge is 2.23. The number of rotatable bonds is 8. The fourth-order valence-electron chi connectivity index (χ4n) is 4.58. The number of aryl methyl sites for hydroxylation is 1. The second-order valence-electron chi connectivity index (χ2n) is 11.3. The average Bonchev–Trinajstić information content (AvgIpc) is 3.63. The predicted molar refractivity (Wildman–Crippen MR) is 162 cm³/mol. The normalized spacial score (nSPS) is 14.0. The number of carbonyl (C=O) groups excluding carboxylic acids is 1. The Hall–Kier alpha value is -4.50. The van der Waals surface area contributed by atoms with Gasteiger partial charge >= 0.3 is 0 Å². The van der Waals surface area contributed by atoms with E-state index in [-0.39, 0.29) is 16.9 Å². The summed E-state index contributed by atoms with van der Waals surface area (Å²) in [5.41, 5.74) is 4.01. The highest BCUT2D eigenvalue weighted by atomic mass is 32.2. The Morgan fingerprint density at radius 1 is 1.07 bits per heavy atom. The molecule has 228 valence electrons. The van der Waals surface area contributed by atoms with Gasteiger partial charge in [0.2, 0.25) is 10.0 Å². The molecule has 0 spiro atoms. The minimum absolute atomic E-state index is 0.199. The number of hydrogen-bond donors (Lipinski definition) is 2. The maximum absolute atomic E-state index is 13.5. The third-order valence-corrected chi connectivity index (χ3v) is 7.49. The zero-order valence-corrected chi connectivity index (χ0v) is 25.8. The summed E-state index contributed by atoms with van der Waals surface area (Å²) < 4.78 is 39.2. The van der Waals surface area contributed by atoms with Gasteiger partial charge in [-0.25, -0.2) is 13.1 Å². The largest absolute Gasteiger partial charge is 0.492 e. The highest BCUT2D eigenvalue weighted by Crippen LogP contribution is 2.39. The van der Waals surface area contributed by atoms with Gasteiger partial charge in [0.15, 0.2) is 5.75 Å². The van der Waals surface area contributed by atoms with Gasteiger partial charge in [-0.05, 0) is 47.7 Å². The molecule has 1 aliphatic heterocycles. The minimum atomic E-state index is -3.61. The summed E-state index contributed by atoms with van der Waals surface area (Å²) in [5, 5.41) is 22.3. The summed E-state index contributed by atoms with van der Waals surface area (Å²) in [4.78, 5) is 15.1. The topological polar surface area (TPSA) is 158 Å². The molecular weight excluding hydrogens is 574 g/mol. The molecule has 15 heteroatoms. The highest BCUT2D eigenvalue weighted by molar-refractivity contribution is 7.92. The number of benzene rings is 2. The van der Waals surface area contributed by atoms with Crippen molar-refractivity contribution in [3.05, 3.63) is 59.4 Å². The van der Waals surface area contributed by atoms with Crippen molar-refractivity contribution in [1.29, 1.82) is 0 Å². The zero-order valence-electron chi connectivity index (χ0n) is 24.9. The first-order valence-electron chi connectivity index (χ1n) is 13.6. The Balaban J connectivity index is 1.42. The van der Waals surface area contributed by atoms with Gasteiger partial charge in [-0.15, -0.1) is 15.3 Å². The molecule has 0 bridgehead atoms. The molecule has 0 atom stereocenters. The molecule has 1 saturated heterocycles. The Labute approximate surface area is 250 Å². The van der Waals surface area contributed by atoms with E-state index >= 15 is 0 Å². The third kappa shape index (κ3) is 6.78. The van der Waals surface area contributed by atoms with E-state index in [4.69, 9.17) is 9.47 Å². The average molecular weight is 610 g/mol. The SMILES string of the molecule is COc1c(NC(=O)c2ccc(C)c(-n3cc(-c4cnn(N5CCOCC5)n4)nn3)c2)cc(C(C)(C)C)cc1NS(C)(=O)=O. The molecular formula is C28H35N9O5S. The van der Waals surface area contributed by atoms with Gasteiger partial charge in [0, 0.05) is 5.56 Å². The number of nitrogens with zero attached hydrogens (tertiary/aromatic N) is 7. The summed E-state index contributed by atoms with van der Waals surface area (Å²) in [6, 6.07) is 8.73. The summed E-state index contributed by atoms with van der Waals surface area (Å²) >= 11 is 0. The molecule has 4 aromatic rings. The quantitative estimate of drug-likeness (QED) is 0.304. The Bertz CT molecular complexity index is 1750. The molecule has 2 aromatic carbocycles. The Morgan fingerprint density at radius 2 is 1.79 bits per heavy atom. The van der Waals surface area contributed by atoms with Crippen LogP contribution in [0.15, 0.2) is 42.7 Å². The van der Waals surface area contributed by atoms with Crippen LogP contribution < -0.4 is 19.8 Å². The van der Waals surface area contributed by atoms with Gasteiger partial charge in [0.25, 0.3) is 5.91 Å². The van der Waals surface area contributed by atoms with Gasteiger partial charge in [-0.3, -0.25) is 14.5 Å². The molecule has 43 heavy (non-hydrogen) atoms. The fraction of sp³-hybridized carbons (Fsp3) is 0.393. The fourth-order valence-corrected chi connectivity index (χ4v) is 5.13. The van der Waals surface area contributed by atoms with Crippen molar-refractivity contribution in [2.45, 2.75) is 33.1 Å². The summed E-state index contributed by atoms with van der Waals surface area (Å²) in [7, 11) is -2.19. The molecule has 1 aliphatic rings. The Kier molecular flexibility index (Phi) is 8.12. The number of morpholine rings is 1. The van der Waals surface area contributed by atoms with E-state index in [9.17, 15) is 13.2 Å². The zero-order chi connectivity index (χ0) is 30.9. The number of amides is 1. The molecule has 0 radical (unpaired) electrons. The maximum Gasteiger partial charge on any atom is 0.255 e. The molecule has 1 fully saturated rings. The summed E-state index contributed by atoms with van der Waals surface area (Å²) in [5.74, 6) is -0.213. The molecule has 14 nitrogen and oxygen atoms in total. The number of sulfonamides is 1. The summed E-state index contributed by atoms with van der Waals surface area (Å²) in [6.07, 6.45) is 4.42. The Morgan fingerprint density at radius 3 is 2.47 bits per heavy atom. The molecule has 2 N–H and O–H groups in total. The van der Waals surface area contributed by atoms with Crippen LogP contribution in [0.25, 0.3) is 17.1 Å². The second kappa shape index (κ2) is 11.6. The molecule has 3 heterocycles. The molecule has 1 amide bonds. The number of hydrogen-bond acceptors (Lipinski definition) is 10. The van der Waals surface area contributed by atoms with E-state index in [0.717, 1.165) is 17.4 Å². The van der Waals surface area contributed by atoms with Gasteiger partial charge in [0.1, 0.15) is 11.4 Å². The lowest BCUT2D eigenvalue weighted by atomic mass is 9.86. The van der Waals surface area contributed by atoms with E-state index in [2.05, 4.69) is 30.5 Å². The first-order chi connectivity index (χ1) is 20.3. The second-order valence-corrected chi connectivity index (χ2v) is 13.0. The molecule has 5 rings (SSSR count). The van der Waals surface area contributed by atoms with Crippen molar-refractivity contribution in [3.63, 3.8) is 0 Å². The van der Waals surface area contributed by atoms with Crippen molar-refractivity contribution >= 4 is 27.3 Å². The van der Waals surface area contributed by atoms with Crippen LogP contribution in [0.2, 0.25) is 0 Å². The summed E-state index contributed by atoms with van der Waals surface area (Å²) in [6.45, 7) is 10.5. The van der Waals surface area contributed by atoms with Crippen LogP contribution in [0.5, 0.6) is 5.75 Å². The number of carbonyl (C=O) groups is 1. The lowest BCUT2D eigenvalue weighted by Crippen LogP contribution is -2.45. The van der Waals surface area contributed by atoms with Crippen molar-refractivity contribution in [3.8, 4) is 22.8 Å². The van der Waals surface area contributed by atoms with Crippen LogP contribution in [0.1, 0.15) is 42.3 Å². The van der Waals surface area contributed by atoms with Crippen molar-refractivity contribution in [1.82, 2.24) is 30.1 Å². The van der Waals surface area contributed by atoms with Crippen LogP contribution in [0.3, 0.4) is 0 Å². The molecule has 2 aromatic heterocycles. The van der Waals surface area contributed by atoms with Crippen LogP contribution >= 0.6 is 0 Å². The number of aromatic nitrogens is 6. The molecule has 0 aliphatic carbocycles. The van der Waals surface area contributed by atoms with Crippen molar-refractivity contribution in [2.75, 3.05) is 54.7 Å². The maximum atomic E-state index is 13.5. The molecule has 0 saturated carbocycles. The van der Waals surface area contributed by atoms with Crippen LogP contribution in [-0.4, -0.2) is 84.1 Å². The van der Waals surface area contributed by atoms with Gasteiger partial charge in [0.05, 0.1) is 69.1 Å².